The van der Waals surface area contributed by atoms with Crippen molar-refractivity contribution in [3.05, 3.63) is 12.0 Å². The summed E-state index contributed by atoms with van der Waals surface area (Å²) in [5.74, 6) is 1.88. The van der Waals surface area contributed by atoms with Crippen molar-refractivity contribution >= 4 is 16.9 Å². The molecule has 1 atom stereocenters. The molecular weight excluding hydrogens is 314 g/mol. The second kappa shape index (κ2) is 8.13. The van der Waals surface area contributed by atoms with Gasteiger partial charge in [0.15, 0.2) is 5.65 Å². The summed E-state index contributed by atoms with van der Waals surface area (Å²) in [7, 11) is 0. The van der Waals surface area contributed by atoms with Gasteiger partial charge in [0.25, 0.3) is 0 Å². The fraction of sp³-hybridized carbons (Fsp3) is 0.737. The maximum absolute atomic E-state index is 9.57. The number of fused-ring (bicyclic) bond motifs is 1. The number of aliphatic hydroxyl groups excluding tert-OH is 1. The molecule has 1 saturated heterocycles. The van der Waals surface area contributed by atoms with Gasteiger partial charge in [0.2, 0.25) is 0 Å². The molecule has 138 valence electrons. The van der Waals surface area contributed by atoms with Crippen LogP contribution in [0.4, 0.5) is 5.82 Å². The molecule has 1 fully saturated rings. The molecule has 0 amide bonds. The second-order valence-corrected chi connectivity index (χ2v) is 7.65. The van der Waals surface area contributed by atoms with E-state index in [4.69, 9.17) is 5.10 Å². The molecule has 0 aromatic carbocycles. The Morgan fingerprint density at radius 3 is 2.88 bits per heavy atom. The number of aromatic nitrogens is 4. The second-order valence-electron chi connectivity index (χ2n) is 7.65. The largest absolute Gasteiger partial charge is 0.396 e. The first-order valence-electron chi connectivity index (χ1n) is 9.70. The summed E-state index contributed by atoms with van der Waals surface area (Å²) in [5, 5.41) is 15.6. The number of unbranched alkanes of at least 4 members (excludes halogenated alkanes) is 1. The number of piperidine rings is 1. The van der Waals surface area contributed by atoms with Crippen molar-refractivity contribution in [1.82, 2.24) is 19.7 Å². The standard InChI is InChI=1S/C19H31N5O/c1-4-5-9-24-19-17(16(22-24)10-14(2)3)18(20-13-21-19)23-8-6-7-15(11-23)12-25/h13-15,25H,4-12H2,1-3H3. The minimum absolute atomic E-state index is 0.249. The van der Waals surface area contributed by atoms with Crippen molar-refractivity contribution in [3.8, 4) is 0 Å². The first-order chi connectivity index (χ1) is 12.1. The maximum atomic E-state index is 9.57. The highest BCUT2D eigenvalue weighted by Crippen LogP contribution is 2.31. The molecule has 1 unspecified atom stereocenters. The summed E-state index contributed by atoms with van der Waals surface area (Å²) >= 11 is 0. The van der Waals surface area contributed by atoms with E-state index in [1.807, 2.05) is 0 Å². The molecule has 1 aliphatic heterocycles. The van der Waals surface area contributed by atoms with Crippen LogP contribution in [0.1, 0.15) is 52.1 Å². The Labute approximate surface area is 150 Å². The van der Waals surface area contributed by atoms with E-state index in [1.54, 1.807) is 6.33 Å². The van der Waals surface area contributed by atoms with Gasteiger partial charge >= 0.3 is 0 Å². The minimum Gasteiger partial charge on any atom is -0.396 e. The minimum atomic E-state index is 0.249. The molecule has 1 aliphatic rings. The Kier molecular flexibility index (Phi) is 5.89. The molecule has 0 bridgehead atoms. The van der Waals surface area contributed by atoms with Gasteiger partial charge in [-0.2, -0.15) is 5.10 Å². The van der Waals surface area contributed by atoms with Crippen LogP contribution in [0.2, 0.25) is 0 Å². The van der Waals surface area contributed by atoms with Crippen molar-refractivity contribution in [2.45, 2.75) is 59.4 Å². The van der Waals surface area contributed by atoms with E-state index < -0.39 is 0 Å². The first-order valence-corrected chi connectivity index (χ1v) is 9.70. The van der Waals surface area contributed by atoms with E-state index in [1.165, 1.54) is 0 Å². The summed E-state index contributed by atoms with van der Waals surface area (Å²) in [6.07, 6.45) is 7.05. The van der Waals surface area contributed by atoms with Crippen LogP contribution >= 0.6 is 0 Å². The molecule has 2 aromatic rings. The number of anilines is 1. The molecule has 6 nitrogen and oxygen atoms in total. The zero-order chi connectivity index (χ0) is 17.8. The van der Waals surface area contributed by atoms with Crippen molar-refractivity contribution in [2.75, 3.05) is 24.6 Å². The lowest BCUT2D eigenvalue weighted by molar-refractivity contribution is 0.208. The van der Waals surface area contributed by atoms with Crippen molar-refractivity contribution in [2.24, 2.45) is 11.8 Å². The van der Waals surface area contributed by atoms with Crippen LogP contribution < -0.4 is 4.90 Å². The van der Waals surface area contributed by atoms with E-state index in [2.05, 4.69) is 40.3 Å². The topological polar surface area (TPSA) is 67.1 Å². The monoisotopic (exact) mass is 345 g/mol. The summed E-state index contributed by atoms with van der Waals surface area (Å²) in [6, 6.07) is 0. The number of rotatable bonds is 7. The highest BCUT2D eigenvalue weighted by Gasteiger charge is 2.25. The third-order valence-corrected chi connectivity index (χ3v) is 4.98. The molecule has 0 spiro atoms. The van der Waals surface area contributed by atoms with Crippen molar-refractivity contribution in [3.63, 3.8) is 0 Å². The molecule has 6 heteroatoms. The SMILES string of the molecule is CCCCn1nc(CC(C)C)c2c(N3CCCC(CO)C3)ncnc21. The van der Waals surface area contributed by atoms with Gasteiger partial charge in [-0.05, 0) is 37.5 Å². The maximum Gasteiger partial charge on any atom is 0.163 e. The molecule has 0 saturated carbocycles. The van der Waals surface area contributed by atoms with E-state index in [9.17, 15) is 5.11 Å². The van der Waals surface area contributed by atoms with E-state index in [0.29, 0.717) is 11.8 Å². The lowest BCUT2D eigenvalue weighted by atomic mass is 9.98. The van der Waals surface area contributed by atoms with Gasteiger partial charge in [-0.3, -0.25) is 0 Å². The Hall–Kier alpha value is -1.69. The third-order valence-electron chi connectivity index (χ3n) is 4.98. The molecular formula is C19H31N5O. The van der Waals surface area contributed by atoms with Crippen LogP contribution in [0.15, 0.2) is 6.33 Å². The van der Waals surface area contributed by atoms with Gasteiger partial charge in [-0.15, -0.1) is 0 Å². The molecule has 3 rings (SSSR count). The summed E-state index contributed by atoms with van der Waals surface area (Å²) < 4.78 is 2.06. The fourth-order valence-electron chi connectivity index (χ4n) is 3.70. The van der Waals surface area contributed by atoms with Crippen molar-refractivity contribution < 1.29 is 5.11 Å². The van der Waals surface area contributed by atoms with E-state index in [0.717, 1.165) is 74.3 Å². The van der Waals surface area contributed by atoms with Gasteiger partial charge < -0.3 is 10.0 Å². The molecule has 1 N–H and O–H groups in total. The predicted octanol–water partition coefficient (Wildman–Crippen LogP) is 3.03. The number of nitrogens with zero attached hydrogens (tertiary/aromatic N) is 5. The fourth-order valence-corrected chi connectivity index (χ4v) is 3.70. The summed E-state index contributed by atoms with van der Waals surface area (Å²) in [5.41, 5.74) is 2.07. The molecule has 25 heavy (non-hydrogen) atoms. The Bertz CT molecular complexity index is 696. The van der Waals surface area contributed by atoms with Gasteiger partial charge in [0, 0.05) is 26.2 Å². The lowest BCUT2D eigenvalue weighted by Crippen LogP contribution is -2.37. The van der Waals surface area contributed by atoms with Crippen LogP contribution in [0.5, 0.6) is 0 Å². The van der Waals surface area contributed by atoms with E-state index in [-0.39, 0.29) is 6.61 Å². The number of aryl methyl sites for hydroxylation is 1. The van der Waals surface area contributed by atoms with Gasteiger partial charge in [-0.1, -0.05) is 27.2 Å². The van der Waals surface area contributed by atoms with Crippen LogP contribution in [-0.4, -0.2) is 44.6 Å². The van der Waals surface area contributed by atoms with Gasteiger partial charge in [0.1, 0.15) is 12.1 Å². The zero-order valence-electron chi connectivity index (χ0n) is 15.8. The van der Waals surface area contributed by atoms with Crippen LogP contribution in [0.25, 0.3) is 11.0 Å². The van der Waals surface area contributed by atoms with Crippen LogP contribution in [-0.2, 0) is 13.0 Å². The first kappa shape index (κ1) is 18.1. The van der Waals surface area contributed by atoms with E-state index >= 15 is 0 Å². The average Bonchev–Trinajstić information content (AvgIpc) is 2.97. The average molecular weight is 345 g/mol. The Morgan fingerprint density at radius 2 is 2.16 bits per heavy atom. The molecule has 0 radical (unpaired) electrons. The number of aliphatic hydroxyl groups is 1. The zero-order valence-corrected chi connectivity index (χ0v) is 15.8. The summed E-state index contributed by atoms with van der Waals surface area (Å²) in [4.78, 5) is 11.5. The van der Waals surface area contributed by atoms with Gasteiger partial charge in [-0.25, -0.2) is 14.6 Å². The van der Waals surface area contributed by atoms with Crippen molar-refractivity contribution in [1.29, 1.82) is 0 Å². The molecule has 2 aromatic heterocycles. The van der Waals surface area contributed by atoms with Crippen LogP contribution in [0, 0.1) is 11.8 Å². The normalized spacial score (nSPS) is 18.4. The highest BCUT2D eigenvalue weighted by atomic mass is 16.3. The lowest BCUT2D eigenvalue weighted by Gasteiger charge is -2.33. The quantitative estimate of drug-likeness (QED) is 0.835. The molecule has 0 aliphatic carbocycles. The predicted molar refractivity (Wildman–Crippen MR) is 101 cm³/mol. The summed E-state index contributed by atoms with van der Waals surface area (Å²) in [6.45, 7) is 9.66. The third kappa shape index (κ3) is 3.94. The van der Waals surface area contributed by atoms with Gasteiger partial charge in [0.05, 0.1) is 11.1 Å². The highest BCUT2D eigenvalue weighted by molar-refractivity contribution is 5.90. The number of hydrogen-bond donors (Lipinski definition) is 1. The Morgan fingerprint density at radius 1 is 1.32 bits per heavy atom. The van der Waals surface area contributed by atoms with Crippen LogP contribution in [0.3, 0.4) is 0 Å². The smallest absolute Gasteiger partial charge is 0.163 e. The Balaban J connectivity index is 2.04. The molecule has 3 heterocycles. The number of hydrogen-bond acceptors (Lipinski definition) is 5.